The van der Waals surface area contributed by atoms with Crippen LogP contribution in [-0.2, 0) is 16.3 Å². The fourth-order valence-electron chi connectivity index (χ4n) is 1.13. The zero-order chi connectivity index (χ0) is 11.6. The molecule has 0 heterocycles. The zero-order valence-electron chi connectivity index (χ0n) is 8.00. The maximum absolute atomic E-state index is 13.1. The maximum atomic E-state index is 13.1. The lowest BCUT2D eigenvalue weighted by Crippen LogP contribution is -2.04. The summed E-state index contributed by atoms with van der Waals surface area (Å²) < 4.78 is 48.3. The van der Waals surface area contributed by atoms with Gasteiger partial charge in [0.15, 0.2) is 21.5 Å². The molecule has 0 spiro atoms. The van der Waals surface area contributed by atoms with Crippen LogP contribution in [0.2, 0.25) is 0 Å². The Morgan fingerprint density at radius 3 is 2.40 bits per heavy atom. The van der Waals surface area contributed by atoms with E-state index in [0.29, 0.717) is 6.07 Å². The SMILES string of the molecule is CS(=O)(=O)c1cc(F)c(F)c(CCO)c1. The van der Waals surface area contributed by atoms with Gasteiger partial charge >= 0.3 is 0 Å². The van der Waals surface area contributed by atoms with E-state index in [0.717, 1.165) is 12.3 Å². The fourth-order valence-corrected chi connectivity index (χ4v) is 1.81. The molecule has 15 heavy (non-hydrogen) atoms. The highest BCUT2D eigenvalue weighted by molar-refractivity contribution is 7.90. The molecule has 0 bridgehead atoms. The molecule has 1 N–H and O–H groups in total. The van der Waals surface area contributed by atoms with Gasteiger partial charge in [-0.1, -0.05) is 0 Å². The highest BCUT2D eigenvalue weighted by Gasteiger charge is 2.15. The Hall–Kier alpha value is -1.01. The summed E-state index contributed by atoms with van der Waals surface area (Å²) in [5.41, 5.74) is -0.141. The molecule has 1 aromatic carbocycles. The van der Waals surface area contributed by atoms with Crippen LogP contribution in [-0.4, -0.2) is 26.4 Å². The third-order valence-corrected chi connectivity index (χ3v) is 2.98. The van der Waals surface area contributed by atoms with Crippen molar-refractivity contribution in [2.45, 2.75) is 11.3 Å². The van der Waals surface area contributed by atoms with E-state index in [9.17, 15) is 17.2 Å². The first kappa shape index (κ1) is 12.1. The second kappa shape index (κ2) is 4.24. The molecule has 0 unspecified atom stereocenters. The van der Waals surface area contributed by atoms with Gasteiger partial charge in [-0.05, 0) is 24.1 Å². The third kappa shape index (κ3) is 2.73. The molecule has 0 aromatic heterocycles. The van der Waals surface area contributed by atoms with Gasteiger partial charge in [-0.15, -0.1) is 0 Å². The molecule has 0 fully saturated rings. The first-order chi connectivity index (χ1) is 6.86. The number of rotatable bonds is 3. The second-order valence-corrected chi connectivity index (χ2v) is 5.14. The monoisotopic (exact) mass is 236 g/mol. The number of hydrogen-bond acceptors (Lipinski definition) is 3. The Kier molecular flexibility index (Phi) is 3.41. The van der Waals surface area contributed by atoms with Crippen LogP contribution in [0.25, 0.3) is 0 Å². The van der Waals surface area contributed by atoms with Gasteiger partial charge in [0, 0.05) is 12.9 Å². The minimum Gasteiger partial charge on any atom is -0.396 e. The van der Waals surface area contributed by atoms with E-state index in [1.54, 1.807) is 0 Å². The van der Waals surface area contributed by atoms with Crippen molar-refractivity contribution < 1.29 is 22.3 Å². The lowest BCUT2D eigenvalue weighted by molar-refractivity contribution is 0.296. The van der Waals surface area contributed by atoms with Crippen LogP contribution >= 0.6 is 0 Å². The average Bonchev–Trinajstić information content (AvgIpc) is 2.11. The van der Waals surface area contributed by atoms with E-state index in [2.05, 4.69) is 0 Å². The molecule has 0 amide bonds. The smallest absolute Gasteiger partial charge is 0.175 e. The molecule has 6 heteroatoms. The van der Waals surface area contributed by atoms with E-state index < -0.39 is 21.5 Å². The summed E-state index contributed by atoms with van der Waals surface area (Å²) in [5.74, 6) is -2.34. The van der Waals surface area contributed by atoms with E-state index in [4.69, 9.17) is 5.11 Å². The molecule has 84 valence electrons. The van der Waals surface area contributed by atoms with Gasteiger partial charge in [0.05, 0.1) is 4.90 Å². The van der Waals surface area contributed by atoms with Crippen molar-refractivity contribution in [2.24, 2.45) is 0 Å². The van der Waals surface area contributed by atoms with Crippen LogP contribution in [0, 0.1) is 11.6 Å². The summed E-state index contributed by atoms with van der Waals surface area (Å²) in [6.07, 6.45) is 0.786. The van der Waals surface area contributed by atoms with Crippen molar-refractivity contribution >= 4 is 9.84 Å². The number of aliphatic hydroxyl groups is 1. The lowest BCUT2D eigenvalue weighted by atomic mass is 10.1. The molecule has 0 aliphatic carbocycles. The van der Waals surface area contributed by atoms with Gasteiger partial charge in [0.25, 0.3) is 0 Å². The minimum absolute atomic E-state index is 0.119. The van der Waals surface area contributed by atoms with E-state index >= 15 is 0 Å². The zero-order valence-corrected chi connectivity index (χ0v) is 8.81. The van der Waals surface area contributed by atoms with Crippen molar-refractivity contribution in [2.75, 3.05) is 12.9 Å². The summed E-state index contributed by atoms with van der Waals surface area (Å²) in [7, 11) is -3.57. The summed E-state index contributed by atoms with van der Waals surface area (Å²) in [6, 6.07) is 1.66. The average molecular weight is 236 g/mol. The van der Waals surface area contributed by atoms with Gasteiger partial charge in [-0.2, -0.15) is 0 Å². The van der Waals surface area contributed by atoms with Gasteiger partial charge in [-0.25, -0.2) is 17.2 Å². The van der Waals surface area contributed by atoms with Crippen LogP contribution in [0.3, 0.4) is 0 Å². The first-order valence-electron chi connectivity index (χ1n) is 4.15. The lowest BCUT2D eigenvalue weighted by Gasteiger charge is -2.05. The second-order valence-electron chi connectivity index (χ2n) is 3.12. The van der Waals surface area contributed by atoms with Crippen molar-refractivity contribution in [3.8, 4) is 0 Å². The number of hydrogen-bond donors (Lipinski definition) is 1. The molecule has 1 rings (SSSR count). The molecule has 0 aliphatic heterocycles. The minimum atomic E-state index is -3.57. The normalized spacial score (nSPS) is 11.7. The van der Waals surface area contributed by atoms with E-state index in [1.807, 2.05) is 0 Å². The Bertz CT molecular complexity index is 468. The van der Waals surface area contributed by atoms with E-state index in [-0.39, 0.29) is 23.5 Å². The number of benzene rings is 1. The molecular weight excluding hydrogens is 226 g/mol. The molecule has 3 nitrogen and oxygen atoms in total. The quantitative estimate of drug-likeness (QED) is 0.793. The number of aliphatic hydroxyl groups excluding tert-OH is 1. The Morgan fingerprint density at radius 1 is 1.33 bits per heavy atom. The van der Waals surface area contributed by atoms with Crippen molar-refractivity contribution in [1.29, 1.82) is 0 Å². The predicted molar refractivity (Wildman–Crippen MR) is 50.3 cm³/mol. The summed E-state index contributed by atoms with van der Waals surface area (Å²) >= 11 is 0. The van der Waals surface area contributed by atoms with Crippen LogP contribution in [0.15, 0.2) is 17.0 Å². The van der Waals surface area contributed by atoms with Gasteiger partial charge in [-0.3, -0.25) is 0 Å². The Balaban J connectivity index is 3.36. The highest BCUT2D eigenvalue weighted by atomic mass is 32.2. The Labute approximate surface area is 86.3 Å². The van der Waals surface area contributed by atoms with Crippen LogP contribution in [0.5, 0.6) is 0 Å². The first-order valence-corrected chi connectivity index (χ1v) is 6.04. The summed E-state index contributed by atoms with van der Waals surface area (Å²) in [4.78, 5) is -0.287. The fraction of sp³-hybridized carbons (Fsp3) is 0.333. The van der Waals surface area contributed by atoms with Crippen LogP contribution in [0.4, 0.5) is 8.78 Å². The largest absolute Gasteiger partial charge is 0.396 e. The standard InChI is InChI=1S/C9H10F2O3S/c1-15(13,14)7-4-6(2-3-12)9(11)8(10)5-7/h4-5,12H,2-3H2,1H3. The summed E-state index contributed by atoms with van der Waals surface area (Å²) in [6.45, 7) is -0.371. The maximum Gasteiger partial charge on any atom is 0.175 e. The van der Waals surface area contributed by atoms with Gasteiger partial charge in [0.2, 0.25) is 0 Å². The van der Waals surface area contributed by atoms with Gasteiger partial charge in [0.1, 0.15) is 0 Å². The number of sulfone groups is 1. The highest BCUT2D eigenvalue weighted by Crippen LogP contribution is 2.19. The van der Waals surface area contributed by atoms with Crippen molar-refractivity contribution in [3.05, 3.63) is 29.3 Å². The van der Waals surface area contributed by atoms with Crippen LogP contribution in [0.1, 0.15) is 5.56 Å². The predicted octanol–water partition coefficient (Wildman–Crippen LogP) is 0.903. The molecule has 0 saturated carbocycles. The van der Waals surface area contributed by atoms with Crippen molar-refractivity contribution in [3.63, 3.8) is 0 Å². The number of halogens is 2. The molecule has 0 saturated heterocycles. The third-order valence-electron chi connectivity index (χ3n) is 1.89. The summed E-state index contributed by atoms with van der Waals surface area (Å²) in [5, 5.41) is 8.59. The molecule has 0 atom stereocenters. The van der Waals surface area contributed by atoms with Crippen LogP contribution < -0.4 is 0 Å². The van der Waals surface area contributed by atoms with Gasteiger partial charge < -0.3 is 5.11 Å². The molecule has 0 radical (unpaired) electrons. The molecular formula is C9H10F2O3S. The molecule has 1 aromatic rings. The Morgan fingerprint density at radius 2 is 1.93 bits per heavy atom. The van der Waals surface area contributed by atoms with E-state index in [1.165, 1.54) is 0 Å². The van der Waals surface area contributed by atoms with Crippen molar-refractivity contribution in [1.82, 2.24) is 0 Å². The molecule has 0 aliphatic rings. The topological polar surface area (TPSA) is 54.4 Å².